The maximum absolute atomic E-state index is 12.2. The Balaban J connectivity index is 1.56. The van der Waals surface area contributed by atoms with E-state index in [1.165, 1.54) is 32.1 Å². The first-order valence-electron chi connectivity index (χ1n) is 10.2. The van der Waals surface area contributed by atoms with E-state index in [2.05, 4.69) is 6.92 Å². The molecule has 3 heteroatoms. The minimum absolute atomic E-state index is 0.0341. The van der Waals surface area contributed by atoms with E-state index in [1.807, 2.05) is 6.92 Å². The molecule has 0 amide bonds. The second-order valence-corrected chi connectivity index (χ2v) is 9.53. The van der Waals surface area contributed by atoms with E-state index in [-0.39, 0.29) is 17.6 Å². The minimum Gasteiger partial charge on any atom is -0.390 e. The summed E-state index contributed by atoms with van der Waals surface area (Å²) in [5, 5.41) is 10.3. The molecule has 0 heterocycles. The van der Waals surface area contributed by atoms with Crippen molar-refractivity contribution in [3.05, 3.63) is 0 Å². The summed E-state index contributed by atoms with van der Waals surface area (Å²) in [6, 6.07) is 0. The monoisotopic (exact) mass is 334 g/mol. The van der Waals surface area contributed by atoms with Crippen LogP contribution in [0.25, 0.3) is 0 Å². The number of carbonyl (C=O) groups is 1. The van der Waals surface area contributed by atoms with E-state index < -0.39 is 0 Å². The Hall–Kier alpha value is -0.410. The van der Waals surface area contributed by atoms with Gasteiger partial charge in [0.2, 0.25) is 0 Å². The zero-order valence-electron chi connectivity index (χ0n) is 15.5. The van der Waals surface area contributed by atoms with Crippen molar-refractivity contribution in [1.29, 1.82) is 0 Å². The van der Waals surface area contributed by atoms with Crippen molar-refractivity contribution in [3.63, 3.8) is 0 Å². The number of hydrogen-bond acceptors (Lipinski definition) is 3. The van der Waals surface area contributed by atoms with Crippen LogP contribution in [0.15, 0.2) is 0 Å². The van der Waals surface area contributed by atoms with Crippen molar-refractivity contribution in [1.82, 2.24) is 0 Å². The van der Waals surface area contributed by atoms with Gasteiger partial charge in [0.05, 0.1) is 12.2 Å². The summed E-state index contributed by atoms with van der Waals surface area (Å²) in [6.45, 7) is 4.23. The van der Waals surface area contributed by atoms with Crippen LogP contribution in [0, 0.1) is 40.9 Å². The maximum atomic E-state index is 12.2. The highest BCUT2D eigenvalue weighted by molar-refractivity contribution is 5.79. The molecule has 0 aromatic heterocycles. The van der Waals surface area contributed by atoms with Crippen LogP contribution in [0.5, 0.6) is 0 Å². The first kappa shape index (κ1) is 17.0. The zero-order valence-corrected chi connectivity index (χ0v) is 15.5. The van der Waals surface area contributed by atoms with Gasteiger partial charge in [-0.25, -0.2) is 0 Å². The first-order valence-corrected chi connectivity index (χ1v) is 10.2. The molecule has 4 rings (SSSR count). The van der Waals surface area contributed by atoms with Crippen LogP contribution in [0.3, 0.4) is 0 Å². The largest absolute Gasteiger partial charge is 0.390 e. The topological polar surface area (TPSA) is 46.5 Å². The molecule has 1 N–H and O–H groups in total. The van der Waals surface area contributed by atoms with Gasteiger partial charge in [0.25, 0.3) is 0 Å². The molecule has 4 aliphatic carbocycles. The predicted octanol–water partition coefficient (Wildman–Crippen LogP) is 3.83. The highest BCUT2D eigenvalue weighted by Crippen LogP contribution is 2.64. The Kier molecular flexibility index (Phi) is 4.32. The molecule has 24 heavy (non-hydrogen) atoms. The number of carbonyl (C=O) groups excluding carboxylic acids is 1. The van der Waals surface area contributed by atoms with Crippen molar-refractivity contribution >= 4 is 5.78 Å². The van der Waals surface area contributed by atoms with Crippen molar-refractivity contribution in [3.8, 4) is 0 Å². The third-order valence-electron chi connectivity index (χ3n) is 8.79. The third-order valence-corrected chi connectivity index (χ3v) is 8.79. The van der Waals surface area contributed by atoms with E-state index >= 15 is 0 Å². The average molecular weight is 335 g/mol. The van der Waals surface area contributed by atoms with Crippen molar-refractivity contribution in [2.45, 2.75) is 77.4 Å². The highest BCUT2D eigenvalue weighted by Gasteiger charge is 2.58. The van der Waals surface area contributed by atoms with Crippen molar-refractivity contribution in [2.75, 3.05) is 7.11 Å². The Morgan fingerprint density at radius 3 is 2.54 bits per heavy atom. The molecule has 0 saturated heterocycles. The fourth-order valence-electron chi connectivity index (χ4n) is 7.70. The molecule has 0 aromatic rings. The first-order chi connectivity index (χ1) is 11.5. The Labute approximate surface area is 146 Å². The molecule has 9 unspecified atom stereocenters. The molecule has 0 spiro atoms. The van der Waals surface area contributed by atoms with Gasteiger partial charge in [-0.05, 0) is 93.3 Å². The summed E-state index contributed by atoms with van der Waals surface area (Å²) >= 11 is 0. The number of hydrogen-bond donors (Lipinski definition) is 1. The Morgan fingerprint density at radius 2 is 1.83 bits per heavy atom. The van der Waals surface area contributed by atoms with E-state index in [1.54, 1.807) is 7.11 Å². The second kappa shape index (κ2) is 6.09. The Morgan fingerprint density at radius 1 is 1.04 bits per heavy atom. The predicted molar refractivity (Wildman–Crippen MR) is 93.5 cm³/mol. The van der Waals surface area contributed by atoms with Gasteiger partial charge >= 0.3 is 0 Å². The summed E-state index contributed by atoms with van der Waals surface area (Å²) < 4.78 is 5.59. The number of methoxy groups -OCH3 is 1. The van der Waals surface area contributed by atoms with Gasteiger partial charge in [0.15, 0.2) is 0 Å². The smallest absolute Gasteiger partial charge is 0.133 e. The SMILES string of the molecule is COC1CC2C(CCC3C2CCC2(C)C(C(C)=O)CCC32)CC1O. The van der Waals surface area contributed by atoms with Crippen LogP contribution in [0.4, 0.5) is 0 Å². The molecule has 0 aliphatic heterocycles. The lowest BCUT2D eigenvalue weighted by Gasteiger charge is -2.56. The van der Waals surface area contributed by atoms with Crippen LogP contribution in [-0.2, 0) is 9.53 Å². The molecule has 4 fully saturated rings. The lowest BCUT2D eigenvalue weighted by atomic mass is 9.49. The number of ketones is 1. The quantitative estimate of drug-likeness (QED) is 0.835. The summed E-state index contributed by atoms with van der Waals surface area (Å²) in [5.74, 6) is 4.52. The lowest BCUT2D eigenvalue weighted by molar-refractivity contribution is -0.134. The molecule has 0 radical (unpaired) electrons. The van der Waals surface area contributed by atoms with Crippen LogP contribution in [-0.4, -0.2) is 30.2 Å². The molecule has 0 aromatic carbocycles. The van der Waals surface area contributed by atoms with E-state index in [0.717, 1.165) is 42.9 Å². The molecule has 9 atom stereocenters. The van der Waals surface area contributed by atoms with Gasteiger partial charge in [-0.3, -0.25) is 4.79 Å². The minimum atomic E-state index is -0.268. The number of aliphatic hydroxyl groups is 1. The summed E-state index contributed by atoms with van der Waals surface area (Å²) in [7, 11) is 1.75. The van der Waals surface area contributed by atoms with Gasteiger partial charge in [0, 0.05) is 13.0 Å². The van der Waals surface area contributed by atoms with E-state index in [4.69, 9.17) is 4.74 Å². The standard InChI is InChI=1S/C21H34O3/c1-12(22)17-6-7-18-15-5-4-13-10-19(23)20(24-3)11-16(13)14(15)8-9-21(17,18)2/h13-20,23H,4-11H2,1-3H3. The van der Waals surface area contributed by atoms with Crippen LogP contribution in [0.1, 0.15) is 65.2 Å². The number of ether oxygens (including phenoxy) is 1. The van der Waals surface area contributed by atoms with Gasteiger partial charge in [-0.1, -0.05) is 6.92 Å². The Bertz CT molecular complexity index is 503. The summed E-state index contributed by atoms with van der Waals surface area (Å²) in [5.41, 5.74) is 0.259. The van der Waals surface area contributed by atoms with Crippen molar-refractivity contribution in [2.24, 2.45) is 40.9 Å². The van der Waals surface area contributed by atoms with Gasteiger partial charge < -0.3 is 9.84 Å². The number of Topliss-reactive ketones (excluding diaryl/α,β-unsaturated/α-hetero) is 1. The number of fused-ring (bicyclic) bond motifs is 5. The maximum Gasteiger partial charge on any atom is 0.133 e. The molecular weight excluding hydrogens is 300 g/mol. The van der Waals surface area contributed by atoms with E-state index in [0.29, 0.717) is 17.6 Å². The van der Waals surface area contributed by atoms with Gasteiger partial charge in [-0.15, -0.1) is 0 Å². The normalized spacial score (nSPS) is 53.8. The molecule has 136 valence electrons. The second-order valence-electron chi connectivity index (χ2n) is 9.53. The number of aliphatic hydroxyl groups excluding tert-OH is 1. The van der Waals surface area contributed by atoms with Gasteiger partial charge in [0.1, 0.15) is 5.78 Å². The average Bonchev–Trinajstić information content (AvgIpc) is 2.91. The summed E-state index contributed by atoms with van der Waals surface area (Å²) in [6.07, 6.45) is 9.23. The van der Waals surface area contributed by atoms with Crippen molar-refractivity contribution < 1.29 is 14.6 Å². The molecule has 3 nitrogen and oxygen atoms in total. The van der Waals surface area contributed by atoms with E-state index in [9.17, 15) is 9.90 Å². The van der Waals surface area contributed by atoms with Crippen LogP contribution >= 0.6 is 0 Å². The number of rotatable bonds is 2. The lowest BCUT2D eigenvalue weighted by Crippen LogP contribution is -2.52. The fraction of sp³-hybridized carbons (Fsp3) is 0.952. The van der Waals surface area contributed by atoms with Crippen LogP contribution in [0.2, 0.25) is 0 Å². The fourth-order valence-corrected chi connectivity index (χ4v) is 7.70. The molecule has 4 aliphatic rings. The molecule has 4 saturated carbocycles. The molecule has 0 bridgehead atoms. The van der Waals surface area contributed by atoms with Gasteiger partial charge in [-0.2, -0.15) is 0 Å². The highest BCUT2D eigenvalue weighted by atomic mass is 16.5. The van der Waals surface area contributed by atoms with Crippen LogP contribution < -0.4 is 0 Å². The molecular formula is C21H34O3. The summed E-state index contributed by atoms with van der Waals surface area (Å²) in [4.78, 5) is 12.2. The zero-order chi connectivity index (χ0) is 17.1. The third kappa shape index (κ3) is 2.41.